The highest BCUT2D eigenvalue weighted by atomic mass is 32.2. The fraction of sp³-hybridized carbons (Fsp3) is 0.294. The summed E-state index contributed by atoms with van der Waals surface area (Å²) in [6.07, 6.45) is 3.81. The highest BCUT2D eigenvalue weighted by molar-refractivity contribution is 7.89. The van der Waals surface area contributed by atoms with Crippen molar-refractivity contribution in [2.75, 3.05) is 13.1 Å². The van der Waals surface area contributed by atoms with Crippen molar-refractivity contribution in [3.05, 3.63) is 48.7 Å². The van der Waals surface area contributed by atoms with Crippen molar-refractivity contribution in [2.24, 2.45) is 5.92 Å². The number of nitrogens with zero attached hydrogens (tertiary/aromatic N) is 2. The summed E-state index contributed by atoms with van der Waals surface area (Å²) in [5.74, 6) is -0.0204. The van der Waals surface area contributed by atoms with Gasteiger partial charge in [0.2, 0.25) is 10.0 Å². The Morgan fingerprint density at radius 1 is 1.04 bits per heavy atom. The van der Waals surface area contributed by atoms with Gasteiger partial charge >= 0.3 is 0 Å². The normalized spacial score (nSPS) is 17.0. The monoisotopic (exact) mass is 330 g/mol. The molecule has 2 aromatic rings. The zero-order valence-electron chi connectivity index (χ0n) is 12.6. The van der Waals surface area contributed by atoms with Gasteiger partial charge in [-0.2, -0.15) is 4.31 Å². The van der Waals surface area contributed by atoms with Crippen molar-refractivity contribution >= 4 is 16.3 Å². The number of aldehydes is 1. The van der Waals surface area contributed by atoms with Crippen LogP contribution in [0.25, 0.3) is 11.3 Å². The van der Waals surface area contributed by atoms with E-state index in [0.29, 0.717) is 25.9 Å². The quantitative estimate of drug-likeness (QED) is 0.807. The molecular weight excluding hydrogens is 312 g/mol. The van der Waals surface area contributed by atoms with E-state index < -0.39 is 10.0 Å². The molecule has 0 spiro atoms. The van der Waals surface area contributed by atoms with Gasteiger partial charge in [-0.15, -0.1) is 0 Å². The predicted molar refractivity (Wildman–Crippen MR) is 87.2 cm³/mol. The number of rotatable bonds is 4. The van der Waals surface area contributed by atoms with E-state index in [1.807, 2.05) is 18.2 Å². The first-order valence-electron chi connectivity index (χ1n) is 7.58. The summed E-state index contributed by atoms with van der Waals surface area (Å²) in [4.78, 5) is 15.3. The zero-order chi connectivity index (χ0) is 16.3. The third kappa shape index (κ3) is 3.33. The molecule has 5 nitrogen and oxygen atoms in total. The van der Waals surface area contributed by atoms with Crippen molar-refractivity contribution < 1.29 is 13.2 Å². The van der Waals surface area contributed by atoms with Gasteiger partial charge < -0.3 is 4.79 Å². The minimum Gasteiger partial charge on any atom is -0.303 e. The molecule has 1 saturated heterocycles. The van der Waals surface area contributed by atoms with Crippen molar-refractivity contribution in [2.45, 2.75) is 17.7 Å². The van der Waals surface area contributed by atoms with Gasteiger partial charge in [0.1, 0.15) is 6.29 Å². The average molecular weight is 330 g/mol. The van der Waals surface area contributed by atoms with Crippen LogP contribution in [0.4, 0.5) is 0 Å². The van der Waals surface area contributed by atoms with Crippen LogP contribution in [-0.2, 0) is 14.8 Å². The van der Waals surface area contributed by atoms with Crippen molar-refractivity contribution in [1.29, 1.82) is 0 Å². The molecule has 1 fully saturated rings. The fourth-order valence-electron chi connectivity index (χ4n) is 2.73. The Morgan fingerprint density at radius 2 is 1.74 bits per heavy atom. The second-order valence-corrected chi connectivity index (χ2v) is 7.55. The molecule has 1 aromatic heterocycles. The van der Waals surface area contributed by atoms with Crippen LogP contribution in [0.5, 0.6) is 0 Å². The summed E-state index contributed by atoms with van der Waals surface area (Å²) in [5, 5.41) is 0. The Balaban J connectivity index is 1.80. The van der Waals surface area contributed by atoms with Crippen LogP contribution in [-0.4, -0.2) is 37.1 Å². The Labute approximate surface area is 136 Å². The van der Waals surface area contributed by atoms with E-state index in [0.717, 1.165) is 17.5 Å². The molecule has 120 valence electrons. The lowest BCUT2D eigenvalue weighted by atomic mass is 10.0. The molecular formula is C17H18N2O3S. The molecule has 0 N–H and O–H groups in total. The molecule has 1 aromatic carbocycles. The maximum Gasteiger partial charge on any atom is 0.243 e. The molecule has 0 amide bonds. The fourth-order valence-corrected chi connectivity index (χ4v) is 4.20. The largest absolute Gasteiger partial charge is 0.303 e. The first kappa shape index (κ1) is 15.8. The summed E-state index contributed by atoms with van der Waals surface area (Å²) in [7, 11) is -3.50. The molecule has 0 saturated carbocycles. The van der Waals surface area contributed by atoms with E-state index in [4.69, 9.17) is 0 Å². The second-order valence-electron chi connectivity index (χ2n) is 5.62. The van der Waals surface area contributed by atoms with E-state index in [-0.39, 0.29) is 10.8 Å². The average Bonchev–Trinajstić information content (AvgIpc) is 2.62. The molecule has 0 aliphatic carbocycles. The van der Waals surface area contributed by atoms with Crippen molar-refractivity contribution in [1.82, 2.24) is 9.29 Å². The van der Waals surface area contributed by atoms with Gasteiger partial charge in [0.05, 0.1) is 10.6 Å². The van der Waals surface area contributed by atoms with E-state index >= 15 is 0 Å². The first-order chi connectivity index (χ1) is 11.1. The molecule has 3 rings (SSSR count). The standard InChI is InChI=1S/C17H18N2O3S/c20-13-14-8-11-19(12-9-14)23(21,22)16-6-4-15(5-7-16)17-3-1-2-10-18-17/h1-7,10,13-14H,8-9,11-12H2. The Hall–Kier alpha value is -2.05. The third-order valence-corrected chi connectivity index (χ3v) is 6.06. The van der Waals surface area contributed by atoms with E-state index in [1.54, 1.807) is 30.5 Å². The number of sulfonamides is 1. The van der Waals surface area contributed by atoms with Crippen LogP contribution in [0.3, 0.4) is 0 Å². The lowest BCUT2D eigenvalue weighted by Crippen LogP contribution is -2.38. The topological polar surface area (TPSA) is 67.3 Å². The molecule has 1 aliphatic rings. The molecule has 0 bridgehead atoms. The van der Waals surface area contributed by atoms with Crippen molar-refractivity contribution in [3.8, 4) is 11.3 Å². The SMILES string of the molecule is O=CC1CCN(S(=O)(=O)c2ccc(-c3ccccn3)cc2)CC1. The van der Waals surface area contributed by atoms with E-state index in [2.05, 4.69) is 4.98 Å². The minimum absolute atomic E-state index is 0.0204. The maximum atomic E-state index is 12.7. The van der Waals surface area contributed by atoms with Gasteiger partial charge in [0.15, 0.2) is 0 Å². The molecule has 2 heterocycles. The lowest BCUT2D eigenvalue weighted by Gasteiger charge is -2.28. The highest BCUT2D eigenvalue weighted by Gasteiger charge is 2.29. The molecule has 6 heteroatoms. The van der Waals surface area contributed by atoms with Crippen LogP contribution in [0.2, 0.25) is 0 Å². The molecule has 1 aliphatic heterocycles. The molecule has 0 unspecified atom stereocenters. The van der Waals surface area contributed by atoms with E-state index in [1.165, 1.54) is 4.31 Å². The molecule has 0 atom stereocenters. The maximum absolute atomic E-state index is 12.7. The van der Waals surface area contributed by atoms with Gasteiger partial charge in [-0.25, -0.2) is 8.42 Å². The summed E-state index contributed by atoms with van der Waals surface area (Å²) in [6, 6.07) is 12.4. The summed E-state index contributed by atoms with van der Waals surface area (Å²) in [5.41, 5.74) is 1.69. The number of aromatic nitrogens is 1. The van der Waals surface area contributed by atoms with Gasteiger partial charge in [-0.1, -0.05) is 18.2 Å². The Kier molecular flexibility index (Phi) is 4.54. The van der Waals surface area contributed by atoms with Crippen LogP contribution >= 0.6 is 0 Å². The molecule has 0 radical (unpaired) electrons. The number of hydrogen-bond donors (Lipinski definition) is 0. The smallest absolute Gasteiger partial charge is 0.243 e. The third-order valence-electron chi connectivity index (χ3n) is 4.14. The summed E-state index contributed by atoms with van der Waals surface area (Å²) < 4.78 is 26.8. The zero-order valence-corrected chi connectivity index (χ0v) is 13.4. The van der Waals surface area contributed by atoms with Crippen LogP contribution in [0, 0.1) is 5.92 Å². The molecule has 23 heavy (non-hydrogen) atoms. The number of carbonyl (C=O) groups is 1. The lowest BCUT2D eigenvalue weighted by molar-refractivity contribution is -0.112. The minimum atomic E-state index is -3.50. The van der Waals surface area contributed by atoms with Crippen LogP contribution in [0.15, 0.2) is 53.6 Å². The Morgan fingerprint density at radius 3 is 2.30 bits per heavy atom. The number of carbonyl (C=O) groups excluding carboxylic acids is 1. The number of piperidine rings is 1. The Bertz CT molecular complexity index is 765. The highest BCUT2D eigenvalue weighted by Crippen LogP contribution is 2.25. The van der Waals surface area contributed by atoms with Crippen LogP contribution < -0.4 is 0 Å². The predicted octanol–water partition coefficient (Wildman–Crippen LogP) is 2.35. The number of benzene rings is 1. The van der Waals surface area contributed by atoms with Gasteiger partial charge in [-0.05, 0) is 37.1 Å². The summed E-state index contributed by atoms with van der Waals surface area (Å²) in [6.45, 7) is 0.793. The second kappa shape index (κ2) is 6.60. The van der Waals surface area contributed by atoms with Crippen molar-refractivity contribution in [3.63, 3.8) is 0 Å². The van der Waals surface area contributed by atoms with Gasteiger partial charge in [0, 0.05) is 30.8 Å². The van der Waals surface area contributed by atoms with Gasteiger partial charge in [0.25, 0.3) is 0 Å². The number of hydrogen-bond acceptors (Lipinski definition) is 4. The summed E-state index contributed by atoms with van der Waals surface area (Å²) >= 11 is 0. The van der Waals surface area contributed by atoms with Crippen LogP contribution in [0.1, 0.15) is 12.8 Å². The van der Waals surface area contributed by atoms with E-state index in [9.17, 15) is 13.2 Å². The number of pyridine rings is 1. The first-order valence-corrected chi connectivity index (χ1v) is 9.02. The van der Waals surface area contributed by atoms with Gasteiger partial charge in [-0.3, -0.25) is 4.98 Å².